The van der Waals surface area contributed by atoms with Gasteiger partial charge < -0.3 is 43.7 Å². The fourth-order valence-electron chi connectivity index (χ4n) is 15.1. The summed E-state index contributed by atoms with van der Waals surface area (Å²) in [6.07, 6.45) is 7.69. The number of phenolic OH excluding ortho intramolecular Hbond substituents is 1. The van der Waals surface area contributed by atoms with Gasteiger partial charge in [0.25, 0.3) is 11.8 Å². The van der Waals surface area contributed by atoms with Gasteiger partial charge in [-0.05, 0) is 216 Å². The molecule has 111 heavy (non-hydrogen) atoms. The molecule has 0 radical (unpaired) electrons. The molecule has 16 rings (SSSR count). The fourth-order valence-corrected chi connectivity index (χ4v) is 17.4. The fraction of sp³-hybridized carbons (Fsp3) is 0.326. The van der Waals surface area contributed by atoms with E-state index in [2.05, 4.69) is 176 Å². The second-order valence-corrected chi connectivity index (χ2v) is 37.3. The van der Waals surface area contributed by atoms with Gasteiger partial charge in [-0.1, -0.05) is 71.8 Å². The smallest absolute Gasteiger partial charge is 0.369 e. The molecular weight excluding hydrogens is 1640 g/mol. The molecule has 4 fully saturated rings. The van der Waals surface area contributed by atoms with Crippen molar-refractivity contribution in [3.05, 3.63) is 209 Å². The molecule has 6 aliphatic heterocycles. The van der Waals surface area contributed by atoms with Crippen LogP contribution in [0.4, 0.5) is 11.4 Å². The molecule has 2 aromatic heterocycles. The number of carbonyl (C=O) groups is 6. The summed E-state index contributed by atoms with van der Waals surface area (Å²) in [7, 11) is 0. The molecule has 6 amide bonds. The molecule has 574 valence electrons. The number of nitrogens with one attached hydrogen (secondary N) is 2. The van der Waals surface area contributed by atoms with Gasteiger partial charge in [-0.3, -0.25) is 49.2 Å². The lowest BCUT2D eigenvalue weighted by Crippen LogP contribution is -2.52. The zero-order valence-electron chi connectivity index (χ0n) is 62.1. The van der Waals surface area contributed by atoms with Gasteiger partial charge in [-0.15, -0.1) is 69.9 Å². The Kier molecular flexibility index (Phi) is 25.9. The Hall–Kier alpha value is -9.08. The van der Waals surface area contributed by atoms with Crippen molar-refractivity contribution in [3.8, 4) is 61.1 Å². The predicted molar refractivity (Wildman–Crippen MR) is 452 cm³/mol. The molecule has 8 heterocycles. The second kappa shape index (κ2) is 36.6. The summed E-state index contributed by atoms with van der Waals surface area (Å²) in [5, 5.41) is 16.9. The normalized spacial score (nSPS) is 17.2. The van der Waals surface area contributed by atoms with Crippen LogP contribution >= 0.6 is 69.9 Å². The van der Waals surface area contributed by atoms with Gasteiger partial charge in [0, 0.05) is 121 Å². The van der Waals surface area contributed by atoms with Crippen LogP contribution in [-0.2, 0) is 32.3 Å². The van der Waals surface area contributed by atoms with Crippen LogP contribution in [0.1, 0.15) is 107 Å². The van der Waals surface area contributed by atoms with Crippen LogP contribution in [0, 0.1) is 13.8 Å². The second-order valence-electron chi connectivity index (χ2n) is 28.8. The van der Waals surface area contributed by atoms with Gasteiger partial charge in [-0.25, -0.2) is 0 Å². The number of aryl methyl sites for hydroxylation is 2. The number of benzene rings is 8. The summed E-state index contributed by atoms with van der Waals surface area (Å²) < 4.78 is 27.6. The van der Waals surface area contributed by atoms with Crippen molar-refractivity contribution in [2.24, 2.45) is 0 Å². The third-order valence-electron chi connectivity index (χ3n) is 21.2. The van der Waals surface area contributed by atoms with Crippen LogP contribution in [0.15, 0.2) is 176 Å². The van der Waals surface area contributed by atoms with Gasteiger partial charge in [0.05, 0.1) is 23.0 Å². The van der Waals surface area contributed by atoms with E-state index in [1.54, 1.807) is 44.6 Å². The Morgan fingerprint density at radius 1 is 0.459 bits per heavy atom. The van der Waals surface area contributed by atoms with Crippen molar-refractivity contribution >= 4 is 140 Å². The molecule has 2 atom stereocenters. The summed E-state index contributed by atoms with van der Waals surface area (Å²) >= 11 is 12.7. The van der Waals surface area contributed by atoms with Crippen molar-refractivity contribution in [2.75, 3.05) is 88.5 Å². The monoisotopic (exact) mass is 1720 g/mol. The minimum Gasteiger partial charge on any atom is -0.508 e. The lowest BCUT2D eigenvalue weighted by Gasteiger charge is -2.36. The molecule has 0 bridgehead atoms. The van der Waals surface area contributed by atoms with Crippen LogP contribution in [0.25, 0.3) is 41.1 Å². The molecule has 25 heteroatoms. The number of imide groups is 2. The maximum absolute atomic E-state index is 13.1. The average molecular weight is 1720 g/mol. The van der Waals surface area contributed by atoms with E-state index in [9.17, 15) is 33.9 Å². The van der Waals surface area contributed by atoms with E-state index in [4.69, 9.17) is 18.9 Å². The highest BCUT2D eigenvalue weighted by atomic mass is 79.9. The van der Waals surface area contributed by atoms with Crippen molar-refractivity contribution in [3.63, 3.8) is 0 Å². The minimum absolute atomic E-state index is 0.129. The number of carbonyl (C=O) groups excluding carboxylic acids is 6. The number of hydrogen-bond donors (Lipinski definition) is 3. The molecule has 10 aromatic rings. The van der Waals surface area contributed by atoms with E-state index in [-0.39, 0.29) is 57.2 Å². The number of unbranched alkanes of at least 4 members (excludes halogenated alkanes) is 4. The lowest BCUT2D eigenvalue weighted by molar-refractivity contribution is -0.138. The van der Waals surface area contributed by atoms with Gasteiger partial charge in [0.15, 0.2) is 11.5 Å². The number of fused-ring (bicyclic) bond motifs is 4. The van der Waals surface area contributed by atoms with E-state index in [0.717, 1.165) is 197 Å². The summed E-state index contributed by atoms with van der Waals surface area (Å²) in [4.78, 5) is 89.3. The topological polar surface area (TPSA) is 203 Å². The van der Waals surface area contributed by atoms with E-state index >= 15 is 0 Å². The quantitative estimate of drug-likeness (QED) is 0.0293. The van der Waals surface area contributed by atoms with Crippen LogP contribution < -0.4 is 39.4 Å². The maximum atomic E-state index is 13.1. The number of halogens is 3. The number of thiophene rings is 2. The maximum Gasteiger partial charge on any atom is 0.369 e. The number of rotatable bonds is 24. The summed E-state index contributed by atoms with van der Waals surface area (Å²) in [6, 6.07) is 57.4. The number of aromatic hydroxyl groups is 1. The van der Waals surface area contributed by atoms with Crippen molar-refractivity contribution in [2.45, 2.75) is 103 Å². The van der Waals surface area contributed by atoms with Crippen molar-refractivity contribution < 1.29 is 52.8 Å². The summed E-state index contributed by atoms with van der Waals surface area (Å²) in [5.41, 5.74) is 10.1. The van der Waals surface area contributed by atoms with E-state index in [1.807, 2.05) is 78.9 Å². The Morgan fingerprint density at radius 3 is 1.32 bits per heavy atom. The predicted octanol–water partition coefficient (Wildman–Crippen LogP) is 17.5. The third-order valence-corrected chi connectivity index (χ3v) is 23.5. The van der Waals surface area contributed by atoms with Crippen LogP contribution in [0.3, 0.4) is 0 Å². The Bertz CT molecular complexity index is 4990. The highest BCUT2D eigenvalue weighted by Gasteiger charge is 2.41. The molecule has 8 aromatic carbocycles. The molecular formula is C86H88BBr3N8O11S2. The molecule has 0 spiro atoms. The number of amides is 6. The molecule has 4 saturated heterocycles. The molecule has 0 saturated carbocycles. The Morgan fingerprint density at radius 2 is 0.874 bits per heavy atom. The van der Waals surface area contributed by atoms with E-state index in [1.165, 1.54) is 15.8 Å². The van der Waals surface area contributed by atoms with Gasteiger partial charge >= 0.3 is 3.18 Å². The number of phenols is 1. The molecule has 2 unspecified atom stereocenters. The lowest BCUT2D eigenvalue weighted by atomic mass is 10.0. The number of hydrogen-bond acceptors (Lipinski definition) is 17. The average Bonchev–Trinajstić information content (AvgIpc) is 1.64. The molecule has 6 aliphatic rings. The number of nitrogens with zero attached hydrogens (tertiary/aromatic N) is 6. The Labute approximate surface area is 680 Å². The highest BCUT2D eigenvalue weighted by Crippen LogP contribution is 2.49. The molecule has 19 nitrogen and oxygen atoms in total. The van der Waals surface area contributed by atoms with Crippen LogP contribution in [0.2, 0.25) is 0 Å². The molecule has 3 N–H and O–H groups in total. The Balaban J connectivity index is 0.000000176. The zero-order chi connectivity index (χ0) is 77.1. The van der Waals surface area contributed by atoms with E-state index < -0.39 is 12.1 Å². The van der Waals surface area contributed by atoms with Gasteiger partial charge in [0.1, 0.15) is 40.8 Å². The first-order valence-electron chi connectivity index (χ1n) is 38.1. The first kappa shape index (κ1) is 78.6. The number of anilines is 2. The standard InChI is InChI=1S/C43H44N4O6S.C43H44N4O5S.BBr3/c1-28-5-7-29(8-6-28)41-40(36-16-10-32(48)26-38(36)54-41)53-34-13-11-33(12-14-34)52-24-4-2-3-19-45-20-22-46(23-21-45)31-9-15-35-30(25-31)27-47(43(35)51)37-17-18-39(49)44-42(37)50;1-29-9-11-30(12-10-29)41-40(36-7-3-4-8-38(36)53-41)52-34-16-14-33(15-17-34)51-26-6-2-5-21-45-22-24-46(25-23-45)32-13-18-35-31(27-32)28-47(43(35)50)37-19-20-39(48)44-42(37)49;2-1(3)4/h5-16,25-26,37,48H,2-4,17-24,27H2,1H3,(H,44,49,50);3-4,7-18,27,37H,2,5-6,19-26,28H2,1H3,(H,44,48,49);. The number of ether oxygens (including phenoxy) is 4. The van der Waals surface area contributed by atoms with Crippen molar-refractivity contribution in [1.29, 1.82) is 0 Å². The highest BCUT2D eigenvalue weighted by molar-refractivity contribution is 9.69. The zero-order valence-corrected chi connectivity index (χ0v) is 68.5. The van der Waals surface area contributed by atoms with Crippen LogP contribution in [0.5, 0.6) is 40.2 Å². The van der Waals surface area contributed by atoms with Gasteiger partial charge in [-0.2, -0.15) is 0 Å². The summed E-state index contributed by atoms with van der Waals surface area (Å²) in [6.45, 7) is 16.1. The van der Waals surface area contributed by atoms with Crippen LogP contribution in [-0.4, -0.2) is 154 Å². The van der Waals surface area contributed by atoms with E-state index in [0.29, 0.717) is 50.3 Å². The van der Waals surface area contributed by atoms with Gasteiger partial charge in [0.2, 0.25) is 23.6 Å². The number of piperazine rings is 2. The minimum atomic E-state index is -0.594. The molecule has 0 aliphatic carbocycles. The summed E-state index contributed by atoms with van der Waals surface area (Å²) in [5.74, 6) is 3.53. The SMILES string of the molecule is BrB(Br)Br.Cc1ccc(-c2sc3cc(O)ccc3c2Oc2ccc(OCCCCCN3CCN(c4ccc5c(c4)CN(C4CCC(=O)NC4=O)C5=O)CC3)cc2)cc1.Cc1ccc(-c2sc3ccccc3c2Oc2ccc(OCCCCCN3CCN(c4ccc5c(c4)CN(C4CCC(=O)NC4=O)C5=O)CC3)cc2)cc1. The largest absolute Gasteiger partial charge is 0.508 e. The first-order chi connectivity index (χ1) is 53.9. The number of piperidine rings is 2. The van der Waals surface area contributed by atoms with Crippen molar-refractivity contribution in [1.82, 2.24) is 30.2 Å². The first-order valence-corrected chi connectivity index (χ1v) is 42.4. The third kappa shape index (κ3) is 19.5.